The average molecular weight is 342 g/mol. The Bertz CT molecular complexity index is 268. The van der Waals surface area contributed by atoms with Crippen LogP contribution in [0.4, 0.5) is 0 Å². The zero-order valence-corrected chi connectivity index (χ0v) is 11.4. The second-order valence-corrected chi connectivity index (χ2v) is 4.52. The molecule has 1 fully saturated rings. The fourth-order valence-electron chi connectivity index (χ4n) is 1.63. The molecule has 0 radical (unpaired) electrons. The van der Waals surface area contributed by atoms with Gasteiger partial charge in [-0.15, -0.1) is 0 Å². The van der Waals surface area contributed by atoms with E-state index in [1.165, 1.54) is 13.8 Å². The zero-order valence-electron chi connectivity index (χ0n) is 9.27. The first-order chi connectivity index (χ1) is 7.54. The highest BCUT2D eigenvalue weighted by molar-refractivity contribution is 14.1. The van der Waals surface area contributed by atoms with Gasteiger partial charge in [-0.2, -0.15) is 0 Å². The molecule has 0 amide bonds. The van der Waals surface area contributed by atoms with Gasteiger partial charge in [0, 0.05) is 18.3 Å². The van der Waals surface area contributed by atoms with Crippen molar-refractivity contribution >= 4 is 34.5 Å². The highest BCUT2D eigenvalue weighted by Gasteiger charge is 2.39. The smallest absolute Gasteiger partial charge is 0.302 e. The van der Waals surface area contributed by atoms with E-state index in [-0.39, 0.29) is 36.7 Å². The molecule has 1 aliphatic rings. The summed E-state index contributed by atoms with van der Waals surface area (Å²) in [6.45, 7) is 3.33. The number of ether oxygens (including phenoxy) is 3. The van der Waals surface area contributed by atoms with Crippen molar-refractivity contribution in [3.63, 3.8) is 0 Å². The molecule has 1 heterocycles. The van der Waals surface area contributed by atoms with E-state index >= 15 is 0 Å². The van der Waals surface area contributed by atoms with Crippen LogP contribution in [0.2, 0.25) is 0 Å². The van der Waals surface area contributed by atoms with E-state index in [1.807, 2.05) is 0 Å². The first-order valence-electron chi connectivity index (χ1n) is 5.02. The number of rotatable bonds is 4. The SMILES string of the molecule is CC(=O)OC[C@H]1[C@@H](OC(C)=O)CO[C@@H]1CI. The lowest BCUT2D eigenvalue weighted by Gasteiger charge is -2.20. The maximum atomic E-state index is 10.9. The zero-order chi connectivity index (χ0) is 12.1. The Morgan fingerprint density at radius 1 is 1.38 bits per heavy atom. The van der Waals surface area contributed by atoms with Crippen molar-refractivity contribution in [1.82, 2.24) is 0 Å². The quantitative estimate of drug-likeness (QED) is 0.432. The lowest BCUT2D eigenvalue weighted by atomic mass is 10.0. The Labute approximate surface area is 108 Å². The summed E-state index contributed by atoms with van der Waals surface area (Å²) in [6, 6.07) is 0. The van der Waals surface area contributed by atoms with Crippen molar-refractivity contribution in [2.75, 3.05) is 17.6 Å². The van der Waals surface area contributed by atoms with Gasteiger partial charge in [0.05, 0.1) is 18.6 Å². The molecule has 0 saturated carbocycles. The molecule has 92 valence electrons. The summed E-state index contributed by atoms with van der Waals surface area (Å²) < 4.78 is 16.3. The standard InChI is InChI=1S/C10H15IO5/c1-6(12)14-4-8-9(3-11)15-5-10(8)16-7(2)13/h8-10H,3-5H2,1-2H3/t8-,9-,10+/m1/s1. The second kappa shape index (κ2) is 6.39. The van der Waals surface area contributed by atoms with E-state index < -0.39 is 0 Å². The molecule has 0 aromatic heterocycles. The minimum Gasteiger partial charge on any atom is -0.465 e. The van der Waals surface area contributed by atoms with Gasteiger partial charge < -0.3 is 14.2 Å². The first kappa shape index (κ1) is 13.7. The summed E-state index contributed by atoms with van der Waals surface area (Å²) in [5.41, 5.74) is 0. The largest absolute Gasteiger partial charge is 0.465 e. The van der Waals surface area contributed by atoms with E-state index in [2.05, 4.69) is 22.6 Å². The highest BCUT2D eigenvalue weighted by Crippen LogP contribution is 2.26. The topological polar surface area (TPSA) is 61.8 Å². The van der Waals surface area contributed by atoms with Crippen LogP contribution in [-0.2, 0) is 23.8 Å². The van der Waals surface area contributed by atoms with Crippen LogP contribution >= 0.6 is 22.6 Å². The third kappa shape index (κ3) is 3.89. The van der Waals surface area contributed by atoms with Crippen LogP contribution in [0, 0.1) is 5.92 Å². The Kier molecular flexibility index (Phi) is 5.47. The fraction of sp³-hybridized carbons (Fsp3) is 0.800. The first-order valence-corrected chi connectivity index (χ1v) is 6.55. The van der Waals surface area contributed by atoms with Crippen molar-refractivity contribution in [1.29, 1.82) is 0 Å². The summed E-state index contributed by atoms with van der Waals surface area (Å²) in [6.07, 6.45) is -0.332. The van der Waals surface area contributed by atoms with Gasteiger partial charge >= 0.3 is 11.9 Å². The maximum absolute atomic E-state index is 10.9. The summed E-state index contributed by atoms with van der Waals surface area (Å²) >= 11 is 2.20. The van der Waals surface area contributed by atoms with E-state index in [0.717, 1.165) is 4.43 Å². The molecule has 6 heteroatoms. The number of esters is 2. The lowest BCUT2D eigenvalue weighted by molar-refractivity contribution is -0.150. The average Bonchev–Trinajstić information content (AvgIpc) is 2.56. The van der Waals surface area contributed by atoms with E-state index in [9.17, 15) is 9.59 Å². The summed E-state index contributed by atoms with van der Waals surface area (Å²) in [5.74, 6) is -0.735. The Hall–Kier alpha value is -0.370. The van der Waals surface area contributed by atoms with E-state index in [1.54, 1.807) is 0 Å². The summed E-state index contributed by atoms with van der Waals surface area (Å²) in [5, 5.41) is 0. The molecule has 3 atom stereocenters. The molecule has 0 aromatic carbocycles. The number of hydrogen-bond donors (Lipinski definition) is 0. The van der Waals surface area contributed by atoms with Crippen molar-refractivity contribution in [3.05, 3.63) is 0 Å². The number of alkyl halides is 1. The number of carbonyl (C=O) groups is 2. The minimum atomic E-state index is -0.337. The van der Waals surface area contributed by atoms with Gasteiger partial charge in [-0.1, -0.05) is 22.6 Å². The molecule has 0 unspecified atom stereocenters. The predicted molar refractivity (Wildman–Crippen MR) is 64.3 cm³/mol. The highest BCUT2D eigenvalue weighted by atomic mass is 127. The van der Waals surface area contributed by atoms with Crippen molar-refractivity contribution in [2.45, 2.75) is 26.1 Å². The van der Waals surface area contributed by atoms with Crippen LogP contribution in [-0.4, -0.2) is 41.8 Å². The van der Waals surface area contributed by atoms with Crippen molar-refractivity contribution in [3.8, 4) is 0 Å². The fourth-order valence-corrected chi connectivity index (χ4v) is 2.53. The van der Waals surface area contributed by atoms with E-state index in [4.69, 9.17) is 14.2 Å². The molecule has 0 bridgehead atoms. The van der Waals surface area contributed by atoms with Gasteiger partial charge in [0.2, 0.25) is 0 Å². The summed E-state index contributed by atoms with van der Waals surface area (Å²) in [4.78, 5) is 21.6. The predicted octanol–water partition coefficient (Wildman–Crippen LogP) is 0.931. The normalized spacial score (nSPS) is 28.8. The number of hydrogen-bond acceptors (Lipinski definition) is 5. The molecule has 0 aromatic rings. The third-order valence-corrected chi connectivity index (χ3v) is 3.25. The molecular weight excluding hydrogens is 327 g/mol. The minimum absolute atomic E-state index is 0.0238. The third-order valence-electron chi connectivity index (χ3n) is 2.38. The van der Waals surface area contributed by atoms with Gasteiger partial charge in [-0.25, -0.2) is 0 Å². The van der Waals surface area contributed by atoms with Crippen LogP contribution in [0.3, 0.4) is 0 Å². The molecule has 0 spiro atoms. The summed E-state index contributed by atoms with van der Waals surface area (Å²) in [7, 11) is 0. The van der Waals surface area contributed by atoms with Gasteiger partial charge in [0.15, 0.2) is 0 Å². The molecule has 1 aliphatic heterocycles. The van der Waals surface area contributed by atoms with Gasteiger partial charge in [0.25, 0.3) is 0 Å². The monoisotopic (exact) mass is 342 g/mol. The molecule has 1 saturated heterocycles. The number of carbonyl (C=O) groups excluding carboxylic acids is 2. The number of halogens is 1. The molecule has 16 heavy (non-hydrogen) atoms. The van der Waals surface area contributed by atoms with Crippen LogP contribution in [0.1, 0.15) is 13.8 Å². The Morgan fingerprint density at radius 3 is 2.56 bits per heavy atom. The Morgan fingerprint density at radius 2 is 2.06 bits per heavy atom. The van der Waals surface area contributed by atoms with Gasteiger partial charge in [-0.05, 0) is 0 Å². The molecule has 0 aliphatic carbocycles. The van der Waals surface area contributed by atoms with Crippen LogP contribution < -0.4 is 0 Å². The second-order valence-electron chi connectivity index (χ2n) is 3.64. The molecular formula is C10H15IO5. The lowest BCUT2D eigenvalue weighted by Crippen LogP contribution is -2.33. The van der Waals surface area contributed by atoms with Crippen molar-refractivity contribution in [2.24, 2.45) is 5.92 Å². The van der Waals surface area contributed by atoms with Crippen LogP contribution in [0.15, 0.2) is 0 Å². The van der Waals surface area contributed by atoms with Crippen molar-refractivity contribution < 1.29 is 23.8 Å². The Balaban J connectivity index is 2.55. The van der Waals surface area contributed by atoms with E-state index in [0.29, 0.717) is 6.61 Å². The van der Waals surface area contributed by atoms with Gasteiger partial charge in [-0.3, -0.25) is 9.59 Å². The molecule has 1 rings (SSSR count). The molecule has 0 N–H and O–H groups in total. The van der Waals surface area contributed by atoms with Crippen LogP contribution in [0.25, 0.3) is 0 Å². The van der Waals surface area contributed by atoms with Crippen LogP contribution in [0.5, 0.6) is 0 Å². The van der Waals surface area contributed by atoms with Gasteiger partial charge in [0.1, 0.15) is 12.7 Å². The molecule has 5 nitrogen and oxygen atoms in total. The maximum Gasteiger partial charge on any atom is 0.302 e.